The Bertz CT molecular complexity index is 1870. The maximum Gasteiger partial charge on any atom is 0.415 e. The zero-order valence-corrected chi connectivity index (χ0v) is 29.3. The Balaban J connectivity index is 0.00000433. The summed E-state index contributed by atoms with van der Waals surface area (Å²) in [5.74, 6) is 0.458. The molecule has 1 saturated heterocycles. The zero-order chi connectivity index (χ0) is 32.9. The number of nitrogens with one attached hydrogen (secondary N) is 2. The van der Waals surface area contributed by atoms with Gasteiger partial charge in [-0.1, -0.05) is 15.9 Å². The van der Waals surface area contributed by atoms with Crippen LogP contribution in [0.5, 0.6) is 23.0 Å². The lowest BCUT2D eigenvalue weighted by molar-refractivity contribution is 0.0602. The Morgan fingerprint density at radius 3 is 2.23 bits per heavy atom. The van der Waals surface area contributed by atoms with E-state index >= 15 is 0 Å². The SMILES string of the molecule is COC(=O)c1c(C)[nH]c2c(OC(=O)N3CCN(C)CC3)cc3c(c12)C(CBr)CN3C(=O)c1cc2cc(OC)c(OC)c(OC)c2[nH]1.Cl. The molecule has 1 fully saturated rings. The number of aromatic nitrogens is 2. The van der Waals surface area contributed by atoms with Gasteiger partial charge >= 0.3 is 12.1 Å². The third-order valence-electron chi connectivity index (χ3n) is 8.78. The molecule has 2 aliphatic rings. The molecule has 2 amide bonds. The topological polar surface area (TPSA) is 139 Å². The summed E-state index contributed by atoms with van der Waals surface area (Å²) in [6.45, 7) is 4.59. The van der Waals surface area contributed by atoms with Gasteiger partial charge in [0, 0.05) is 66.5 Å². The predicted octanol–water partition coefficient (Wildman–Crippen LogP) is 5.08. The number of H-pyrrole nitrogens is 2. The van der Waals surface area contributed by atoms with Crippen molar-refractivity contribution < 1.29 is 38.1 Å². The standard InChI is InChI=1S/C32H36BrN5O8.ClH/c1-16-23(31(40)45-6)25-24-18(14-33)15-38(20(24)13-21(27(25)34-16)46-32(41)37-9-7-36(2)8-10-37)30(39)19-11-17-12-22(42-3)28(43-4)29(44-5)26(17)35-19;/h11-13,18,34-35H,7-10,14-15H2,1-6H3;1H. The third-order valence-corrected chi connectivity index (χ3v) is 9.56. The number of methoxy groups -OCH3 is 4. The highest BCUT2D eigenvalue weighted by molar-refractivity contribution is 9.09. The number of carbonyl (C=O) groups is 3. The second-order valence-electron chi connectivity index (χ2n) is 11.4. The summed E-state index contributed by atoms with van der Waals surface area (Å²) in [7, 11) is 7.89. The second kappa shape index (κ2) is 13.5. The van der Waals surface area contributed by atoms with Crippen molar-refractivity contribution in [1.82, 2.24) is 19.8 Å². The molecule has 1 atom stereocenters. The van der Waals surface area contributed by atoms with Crippen LogP contribution >= 0.6 is 28.3 Å². The molecule has 0 aliphatic carbocycles. The number of ether oxygens (including phenoxy) is 5. The lowest BCUT2D eigenvalue weighted by Gasteiger charge is -2.31. The molecule has 0 radical (unpaired) electrons. The van der Waals surface area contributed by atoms with Gasteiger partial charge in [0.2, 0.25) is 5.75 Å². The summed E-state index contributed by atoms with van der Waals surface area (Å²) in [5.41, 5.74) is 3.59. The first-order valence-corrected chi connectivity index (χ1v) is 15.9. The van der Waals surface area contributed by atoms with E-state index in [1.165, 1.54) is 28.4 Å². The Morgan fingerprint density at radius 1 is 0.915 bits per heavy atom. The molecule has 4 heterocycles. The zero-order valence-electron chi connectivity index (χ0n) is 26.9. The van der Waals surface area contributed by atoms with Crippen molar-refractivity contribution in [3.63, 3.8) is 0 Å². The Hall–Kier alpha value is -4.14. The maximum absolute atomic E-state index is 14.3. The van der Waals surface area contributed by atoms with E-state index in [0.717, 1.165) is 18.7 Å². The van der Waals surface area contributed by atoms with Crippen LogP contribution in [0.3, 0.4) is 0 Å². The number of fused-ring (bicyclic) bond motifs is 4. The highest BCUT2D eigenvalue weighted by atomic mass is 79.9. The van der Waals surface area contributed by atoms with Crippen LogP contribution in [0.4, 0.5) is 10.5 Å². The number of hydrogen-bond donors (Lipinski definition) is 2. The number of piperazine rings is 1. The fourth-order valence-electron chi connectivity index (χ4n) is 6.44. The molecule has 0 spiro atoms. The number of nitrogens with zero attached hydrogens (tertiary/aromatic N) is 3. The molecule has 252 valence electrons. The van der Waals surface area contributed by atoms with Crippen molar-refractivity contribution in [2.75, 3.05) is 78.4 Å². The summed E-state index contributed by atoms with van der Waals surface area (Å²) in [5, 5.41) is 1.77. The van der Waals surface area contributed by atoms with Gasteiger partial charge in [-0.25, -0.2) is 9.59 Å². The number of amides is 2. The average Bonchev–Trinajstić information content (AvgIpc) is 3.76. The normalized spacial score (nSPS) is 16.2. The highest BCUT2D eigenvalue weighted by Crippen LogP contribution is 2.49. The first-order valence-electron chi connectivity index (χ1n) is 14.8. The lowest BCUT2D eigenvalue weighted by Crippen LogP contribution is -2.48. The summed E-state index contributed by atoms with van der Waals surface area (Å²) >= 11 is 3.63. The van der Waals surface area contributed by atoms with Crippen molar-refractivity contribution in [2.24, 2.45) is 0 Å². The number of carbonyl (C=O) groups excluding carboxylic acids is 3. The second-order valence-corrected chi connectivity index (χ2v) is 12.0. The van der Waals surface area contributed by atoms with E-state index in [9.17, 15) is 14.4 Å². The van der Waals surface area contributed by atoms with Crippen molar-refractivity contribution in [3.8, 4) is 23.0 Å². The fraction of sp³-hybridized carbons (Fsp3) is 0.406. The van der Waals surface area contributed by atoms with Gasteiger partial charge in [0.25, 0.3) is 5.91 Å². The van der Waals surface area contributed by atoms with E-state index in [4.69, 9.17) is 23.7 Å². The fourth-order valence-corrected chi connectivity index (χ4v) is 6.96. The summed E-state index contributed by atoms with van der Waals surface area (Å²) in [6.07, 6.45) is -0.500. The van der Waals surface area contributed by atoms with Crippen molar-refractivity contribution in [1.29, 1.82) is 0 Å². The molecular weight excluding hydrogens is 698 g/mol. The van der Waals surface area contributed by atoms with E-state index in [0.29, 0.717) is 86.7 Å². The van der Waals surface area contributed by atoms with Crippen LogP contribution < -0.4 is 23.8 Å². The molecule has 1 unspecified atom stereocenters. The van der Waals surface area contributed by atoms with E-state index in [1.807, 2.05) is 7.05 Å². The van der Waals surface area contributed by atoms with Gasteiger partial charge in [0.15, 0.2) is 17.2 Å². The number of rotatable bonds is 7. The summed E-state index contributed by atoms with van der Waals surface area (Å²) in [4.78, 5) is 52.7. The lowest BCUT2D eigenvalue weighted by atomic mass is 9.95. The monoisotopic (exact) mass is 733 g/mol. The van der Waals surface area contributed by atoms with E-state index in [2.05, 4.69) is 30.8 Å². The van der Waals surface area contributed by atoms with E-state index < -0.39 is 12.1 Å². The number of alkyl halides is 1. The van der Waals surface area contributed by atoms with Gasteiger partial charge in [-0.2, -0.15) is 0 Å². The van der Waals surface area contributed by atoms with Crippen molar-refractivity contribution >= 4 is 73.8 Å². The van der Waals surface area contributed by atoms with Crippen LogP contribution in [-0.2, 0) is 4.74 Å². The Kier molecular flexibility index (Phi) is 9.85. The number of hydrogen-bond acceptors (Lipinski definition) is 9. The van der Waals surface area contributed by atoms with Crippen LogP contribution in [-0.4, -0.2) is 111 Å². The Labute approximate surface area is 285 Å². The van der Waals surface area contributed by atoms with Gasteiger partial charge < -0.3 is 48.4 Å². The number of esters is 1. The number of halogens is 2. The molecule has 47 heavy (non-hydrogen) atoms. The minimum atomic E-state index is -0.530. The van der Waals surface area contributed by atoms with Crippen molar-refractivity contribution in [3.05, 3.63) is 40.7 Å². The molecule has 13 nitrogen and oxygen atoms in total. The summed E-state index contributed by atoms with van der Waals surface area (Å²) < 4.78 is 27.9. The van der Waals surface area contributed by atoms with Crippen LogP contribution in [0.15, 0.2) is 18.2 Å². The molecule has 0 saturated carbocycles. The smallest absolute Gasteiger partial charge is 0.415 e. The highest BCUT2D eigenvalue weighted by Gasteiger charge is 2.39. The molecule has 2 N–H and O–H groups in total. The molecule has 2 aliphatic heterocycles. The first-order chi connectivity index (χ1) is 22.1. The van der Waals surface area contributed by atoms with E-state index in [-0.39, 0.29) is 30.0 Å². The number of aromatic amines is 2. The maximum atomic E-state index is 14.3. The number of benzene rings is 2. The molecule has 15 heteroatoms. The van der Waals surface area contributed by atoms with Crippen LogP contribution in [0.25, 0.3) is 21.8 Å². The molecule has 2 aromatic heterocycles. The molecular formula is C32H37BrClN5O8. The van der Waals surface area contributed by atoms with Gasteiger partial charge in [0.05, 0.1) is 50.7 Å². The number of aryl methyl sites for hydroxylation is 1. The number of anilines is 1. The minimum absolute atomic E-state index is 0. The van der Waals surface area contributed by atoms with Gasteiger partial charge in [-0.05, 0) is 31.7 Å². The first kappa shape index (κ1) is 34.2. The summed E-state index contributed by atoms with van der Waals surface area (Å²) in [6, 6.07) is 5.21. The van der Waals surface area contributed by atoms with Crippen LogP contribution in [0, 0.1) is 6.92 Å². The molecule has 4 aromatic rings. The minimum Gasteiger partial charge on any atom is -0.493 e. The molecule has 0 bridgehead atoms. The van der Waals surface area contributed by atoms with Gasteiger partial charge in [-0.15, -0.1) is 12.4 Å². The Morgan fingerprint density at radius 2 is 1.62 bits per heavy atom. The molecule has 6 rings (SSSR count). The predicted molar refractivity (Wildman–Crippen MR) is 183 cm³/mol. The van der Waals surface area contributed by atoms with Gasteiger partial charge in [0.1, 0.15) is 5.69 Å². The van der Waals surface area contributed by atoms with Crippen molar-refractivity contribution in [2.45, 2.75) is 12.8 Å². The average molecular weight is 735 g/mol. The largest absolute Gasteiger partial charge is 0.493 e. The van der Waals surface area contributed by atoms with Crippen LogP contribution in [0.2, 0.25) is 0 Å². The van der Waals surface area contributed by atoms with E-state index in [1.54, 1.807) is 34.9 Å². The third kappa shape index (κ3) is 5.72. The number of likely N-dealkylation sites (N-methyl/N-ethyl adjacent to an activating group) is 1. The molecule has 2 aromatic carbocycles. The quantitative estimate of drug-likeness (QED) is 0.197. The van der Waals surface area contributed by atoms with Gasteiger partial charge in [-0.3, -0.25) is 4.79 Å². The van der Waals surface area contributed by atoms with Crippen LogP contribution in [0.1, 0.15) is 38.0 Å².